The summed E-state index contributed by atoms with van der Waals surface area (Å²) in [5.41, 5.74) is 0.960. The van der Waals surface area contributed by atoms with Crippen molar-refractivity contribution in [3.63, 3.8) is 0 Å². The van der Waals surface area contributed by atoms with Crippen LogP contribution in [-0.2, 0) is 29.0 Å². The Morgan fingerprint density at radius 2 is 2.16 bits per heavy atom. The number of ether oxygens (including phenoxy) is 1. The SMILES string of the molecule is COC(=O)Cc1ccc(CNCc2ccncn2)s1. The van der Waals surface area contributed by atoms with Gasteiger partial charge in [0.2, 0.25) is 0 Å². The number of hydrogen-bond donors (Lipinski definition) is 1. The van der Waals surface area contributed by atoms with Crippen molar-refractivity contribution in [2.75, 3.05) is 7.11 Å². The molecule has 0 saturated heterocycles. The summed E-state index contributed by atoms with van der Waals surface area (Å²) in [6.45, 7) is 1.46. The van der Waals surface area contributed by atoms with Crippen molar-refractivity contribution in [3.8, 4) is 0 Å². The molecule has 2 heterocycles. The Kier molecular flexibility index (Phi) is 5.00. The number of aromatic nitrogens is 2. The highest BCUT2D eigenvalue weighted by Gasteiger charge is 2.06. The minimum Gasteiger partial charge on any atom is -0.469 e. The third-order valence-electron chi connectivity index (χ3n) is 2.51. The zero-order valence-electron chi connectivity index (χ0n) is 10.6. The van der Waals surface area contributed by atoms with Gasteiger partial charge in [0.1, 0.15) is 6.33 Å². The van der Waals surface area contributed by atoms with Crippen LogP contribution in [0, 0.1) is 0 Å². The molecule has 0 saturated carbocycles. The fourth-order valence-electron chi connectivity index (χ4n) is 1.56. The first-order chi connectivity index (χ1) is 9.28. The van der Waals surface area contributed by atoms with E-state index in [4.69, 9.17) is 0 Å². The van der Waals surface area contributed by atoms with E-state index in [0.717, 1.165) is 17.1 Å². The highest BCUT2D eigenvalue weighted by molar-refractivity contribution is 7.12. The van der Waals surface area contributed by atoms with Crippen molar-refractivity contribution in [1.82, 2.24) is 15.3 Å². The Hall–Kier alpha value is -1.79. The Morgan fingerprint density at radius 1 is 1.32 bits per heavy atom. The van der Waals surface area contributed by atoms with Crippen LogP contribution in [0.5, 0.6) is 0 Å². The molecule has 0 spiro atoms. The maximum atomic E-state index is 11.1. The van der Waals surface area contributed by atoms with E-state index >= 15 is 0 Å². The number of methoxy groups -OCH3 is 1. The van der Waals surface area contributed by atoms with Crippen LogP contribution in [0.15, 0.2) is 30.7 Å². The average Bonchev–Trinajstić information content (AvgIpc) is 2.87. The topological polar surface area (TPSA) is 64.1 Å². The van der Waals surface area contributed by atoms with Crippen LogP contribution >= 0.6 is 11.3 Å². The molecule has 2 aromatic heterocycles. The first-order valence-electron chi connectivity index (χ1n) is 5.88. The van der Waals surface area contributed by atoms with Gasteiger partial charge in [-0.3, -0.25) is 4.79 Å². The average molecular weight is 277 g/mol. The van der Waals surface area contributed by atoms with Crippen molar-refractivity contribution in [3.05, 3.63) is 46.2 Å². The largest absolute Gasteiger partial charge is 0.469 e. The van der Waals surface area contributed by atoms with E-state index in [0.29, 0.717) is 13.0 Å². The molecular formula is C13H15N3O2S. The molecule has 5 nitrogen and oxygen atoms in total. The van der Waals surface area contributed by atoms with Gasteiger partial charge in [0.25, 0.3) is 0 Å². The summed E-state index contributed by atoms with van der Waals surface area (Å²) < 4.78 is 4.64. The van der Waals surface area contributed by atoms with Gasteiger partial charge in [0.05, 0.1) is 19.2 Å². The normalized spacial score (nSPS) is 10.4. The Labute approximate surface area is 115 Å². The van der Waals surface area contributed by atoms with Gasteiger partial charge in [-0.2, -0.15) is 0 Å². The molecule has 0 amide bonds. The number of rotatable bonds is 6. The van der Waals surface area contributed by atoms with Crippen LogP contribution in [0.25, 0.3) is 0 Å². The minimum atomic E-state index is -0.206. The quantitative estimate of drug-likeness (QED) is 0.811. The summed E-state index contributed by atoms with van der Waals surface area (Å²) in [5, 5.41) is 3.30. The molecule has 0 atom stereocenters. The molecule has 0 unspecified atom stereocenters. The summed E-state index contributed by atoms with van der Waals surface area (Å²) >= 11 is 1.62. The lowest BCUT2D eigenvalue weighted by atomic mass is 10.3. The Morgan fingerprint density at radius 3 is 2.89 bits per heavy atom. The van der Waals surface area contributed by atoms with Crippen LogP contribution in [0.2, 0.25) is 0 Å². The number of nitrogens with zero attached hydrogens (tertiary/aromatic N) is 2. The lowest BCUT2D eigenvalue weighted by Crippen LogP contribution is -2.12. The summed E-state index contributed by atoms with van der Waals surface area (Å²) in [5.74, 6) is -0.206. The van der Waals surface area contributed by atoms with Crippen LogP contribution in [-0.4, -0.2) is 23.0 Å². The lowest BCUT2D eigenvalue weighted by molar-refractivity contribution is -0.139. The van der Waals surface area contributed by atoms with Gasteiger partial charge < -0.3 is 10.1 Å². The van der Waals surface area contributed by atoms with Crippen molar-refractivity contribution < 1.29 is 9.53 Å². The van der Waals surface area contributed by atoms with Crippen molar-refractivity contribution in [2.45, 2.75) is 19.5 Å². The zero-order valence-corrected chi connectivity index (χ0v) is 11.4. The predicted octanol–water partition coefficient (Wildman–Crippen LogP) is 1.54. The smallest absolute Gasteiger partial charge is 0.310 e. The van der Waals surface area contributed by atoms with E-state index in [1.54, 1.807) is 17.5 Å². The van der Waals surface area contributed by atoms with E-state index in [1.165, 1.54) is 18.3 Å². The number of carbonyl (C=O) groups is 1. The van der Waals surface area contributed by atoms with Crippen LogP contribution in [0.3, 0.4) is 0 Å². The van der Waals surface area contributed by atoms with E-state index in [2.05, 4.69) is 20.0 Å². The third kappa shape index (κ3) is 4.42. The molecule has 0 aliphatic heterocycles. The van der Waals surface area contributed by atoms with Crippen LogP contribution in [0.4, 0.5) is 0 Å². The zero-order chi connectivity index (χ0) is 13.5. The van der Waals surface area contributed by atoms with E-state index in [9.17, 15) is 4.79 Å². The maximum Gasteiger partial charge on any atom is 0.310 e. The molecular weight excluding hydrogens is 262 g/mol. The first kappa shape index (κ1) is 13.6. The van der Waals surface area contributed by atoms with E-state index in [1.807, 2.05) is 18.2 Å². The molecule has 2 aromatic rings. The van der Waals surface area contributed by atoms with Gasteiger partial charge in [0.15, 0.2) is 0 Å². The number of nitrogens with one attached hydrogen (secondary N) is 1. The van der Waals surface area contributed by atoms with Gasteiger partial charge in [0, 0.05) is 29.0 Å². The van der Waals surface area contributed by atoms with Gasteiger partial charge in [-0.1, -0.05) is 0 Å². The maximum absolute atomic E-state index is 11.1. The second-order valence-electron chi connectivity index (χ2n) is 3.93. The van der Waals surface area contributed by atoms with Gasteiger partial charge >= 0.3 is 5.97 Å². The fraction of sp³-hybridized carbons (Fsp3) is 0.308. The van der Waals surface area contributed by atoms with Gasteiger partial charge in [-0.25, -0.2) is 9.97 Å². The van der Waals surface area contributed by atoms with Gasteiger partial charge in [-0.05, 0) is 18.2 Å². The molecule has 19 heavy (non-hydrogen) atoms. The molecule has 6 heteroatoms. The van der Waals surface area contributed by atoms with E-state index < -0.39 is 0 Å². The molecule has 100 valence electrons. The molecule has 0 fully saturated rings. The highest BCUT2D eigenvalue weighted by Crippen LogP contribution is 2.17. The van der Waals surface area contributed by atoms with Crippen LogP contribution < -0.4 is 5.32 Å². The Bertz CT molecular complexity index is 528. The summed E-state index contributed by atoms with van der Waals surface area (Å²) in [7, 11) is 1.40. The fourth-order valence-corrected chi connectivity index (χ4v) is 2.54. The third-order valence-corrected chi connectivity index (χ3v) is 3.60. The highest BCUT2D eigenvalue weighted by atomic mass is 32.1. The Balaban J connectivity index is 1.79. The van der Waals surface area contributed by atoms with Gasteiger partial charge in [-0.15, -0.1) is 11.3 Å². The second kappa shape index (κ2) is 6.96. The standard InChI is InChI=1S/C13H15N3O2S/c1-18-13(17)6-11-2-3-12(19-11)8-15-7-10-4-5-14-9-16-10/h2-5,9,15H,6-8H2,1H3. The first-order valence-corrected chi connectivity index (χ1v) is 6.69. The summed E-state index contributed by atoms with van der Waals surface area (Å²) in [6.07, 6.45) is 3.60. The summed E-state index contributed by atoms with van der Waals surface area (Å²) in [6, 6.07) is 5.86. The second-order valence-corrected chi connectivity index (χ2v) is 5.18. The number of hydrogen-bond acceptors (Lipinski definition) is 6. The molecule has 0 aromatic carbocycles. The molecule has 2 rings (SSSR count). The number of carbonyl (C=O) groups excluding carboxylic acids is 1. The van der Waals surface area contributed by atoms with Crippen molar-refractivity contribution in [1.29, 1.82) is 0 Å². The summed E-state index contributed by atoms with van der Waals surface area (Å²) in [4.78, 5) is 21.4. The molecule has 0 radical (unpaired) electrons. The molecule has 0 bridgehead atoms. The monoisotopic (exact) mass is 277 g/mol. The van der Waals surface area contributed by atoms with E-state index in [-0.39, 0.29) is 5.97 Å². The van der Waals surface area contributed by atoms with Crippen molar-refractivity contribution >= 4 is 17.3 Å². The lowest BCUT2D eigenvalue weighted by Gasteiger charge is -2.01. The number of esters is 1. The number of thiophene rings is 1. The molecule has 0 aliphatic rings. The van der Waals surface area contributed by atoms with Crippen molar-refractivity contribution in [2.24, 2.45) is 0 Å². The molecule has 0 aliphatic carbocycles. The molecule has 1 N–H and O–H groups in total. The van der Waals surface area contributed by atoms with Crippen LogP contribution in [0.1, 0.15) is 15.4 Å². The minimum absolute atomic E-state index is 0.206. The predicted molar refractivity (Wildman–Crippen MR) is 72.6 cm³/mol.